The van der Waals surface area contributed by atoms with E-state index in [4.69, 9.17) is 0 Å². The van der Waals surface area contributed by atoms with Crippen LogP contribution < -0.4 is 16.0 Å². The van der Waals surface area contributed by atoms with Crippen molar-refractivity contribution in [1.29, 1.82) is 0 Å². The lowest BCUT2D eigenvalue weighted by Crippen LogP contribution is -2.39. The molecule has 1 atom stereocenters. The molecule has 0 spiro atoms. The Kier molecular flexibility index (Phi) is 7.74. The minimum atomic E-state index is -0.420. The summed E-state index contributed by atoms with van der Waals surface area (Å²) in [7, 11) is 0. The molecule has 0 aliphatic carbocycles. The number of urea groups is 1. The molecule has 0 aliphatic heterocycles. The zero-order valence-corrected chi connectivity index (χ0v) is 21.2. The Balaban J connectivity index is 1.52. The number of rotatable bonds is 8. The smallest absolute Gasteiger partial charge is 0.319 e. The van der Waals surface area contributed by atoms with Crippen LogP contribution >= 0.6 is 0 Å². The van der Waals surface area contributed by atoms with Gasteiger partial charge in [0.05, 0.1) is 17.8 Å². The van der Waals surface area contributed by atoms with Crippen LogP contribution in [0.2, 0.25) is 0 Å². The van der Waals surface area contributed by atoms with Crippen LogP contribution in [-0.4, -0.2) is 23.5 Å². The highest BCUT2D eigenvalue weighted by Gasteiger charge is 2.21. The summed E-state index contributed by atoms with van der Waals surface area (Å²) in [6.45, 7) is 8.69. The van der Waals surface area contributed by atoms with E-state index in [-0.39, 0.29) is 30.3 Å². The first kappa shape index (κ1) is 25.0. The van der Waals surface area contributed by atoms with E-state index in [2.05, 4.69) is 67.0 Å². The molecule has 185 valence electrons. The van der Waals surface area contributed by atoms with E-state index in [9.17, 15) is 9.59 Å². The normalized spacial score (nSPS) is 12.1. The number of anilines is 1. The third-order valence-corrected chi connectivity index (χ3v) is 6.33. The Labute approximate surface area is 212 Å². The fourth-order valence-electron chi connectivity index (χ4n) is 4.40. The van der Waals surface area contributed by atoms with Gasteiger partial charge in [0.15, 0.2) is 0 Å². The number of hydrogen-bond donors (Lipinski definition) is 4. The molecular formula is C30H33N4O2. The van der Waals surface area contributed by atoms with Gasteiger partial charge in [0, 0.05) is 23.1 Å². The van der Waals surface area contributed by atoms with Crippen molar-refractivity contribution in [3.8, 4) is 0 Å². The molecule has 1 unspecified atom stereocenters. The number of H-pyrrole nitrogens is 1. The van der Waals surface area contributed by atoms with Crippen molar-refractivity contribution in [1.82, 2.24) is 15.6 Å². The number of fused-ring (bicyclic) bond motifs is 1. The summed E-state index contributed by atoms with van der Waals surface area (Å²) < 4.78 is 0. The molecular weight excluding hydrogens is 448 g/mol. The molecule has 4 rings (SSSR count). The van der Waals surface area contributed by atoms with Gasteiger partial charge in [-0.3, -0.25) is 4.79 Å². The number of aromatic amines is 1. The molecule has 0 saturated carbocycles. The van der Waals surface area contributed by atoms with E-state index < -0.39 is 6.04 Å². The zero-order valence-electron chi connectivity index (χ0n) is 21.2. The predicted molar refractivity (Wildman–Crippen MR) is 145 cm³/mol. The van der Waals surface area contributed by atoms with Crippen LogP contribution in [0.3, 0.4) is 0 Å². The second-order valence-electron chi connectivity index (χ2n) is 9.56. The molecule has 1 radical (unpaired) electrons. The summed E-state index contributed by atoms with van der Waals surface area (Å²) in [4.78, 5) is 29.3. The first-order valence-electron chi connectivity index (χ1n) is 12.4. The quantitative estimate of drug-likeness (QED) is 0.231. The van der Waals surface area contributed by atoms with Crippen LogP contribution in [0.1, 0.15) is 72.6 Å². The average Bonchev–Trinajstić information content (AvgIpc) is 3.31. The number of benzene rings is 3. The summed E-state index contributed by atoms with van der Waals surface area (Å²) in [6, 6.07) is 22.6. The molecule has 1 heterocycles. The second kappa shape index (κ2) is 11.1. The van der Waals surface area contributed by atoms with E-state index in [1.807, 2.05) is 60.7 Å². The number of hydrogen-bond acceptors (Lipinski definition) is 2. The van der Waals surface area contributed by atoms with E-state index in [1.165, 1.54) is 0 Å². The Morgan fingerprint density at radius 3 is 2.14 bits per heavy atom. The number of carbonyl (C=O) groups excluding carboxylic acids is 2. The van der Waals surface area contributed by atoms with Crippen molar-refractivity contribution in [3.05, 3.63) is 101 Å². The van der Waals surface area contributed by atoms with Gasteiger partial charge in [0.1, 0.15) is 0 Å². The molecule has 1 aromatic heterocycles. The highest BCUT2D eigenvalue weighted by atomic mass is 16.2. The summed E-state index contributed by atoms with van der Waals surface area (Å²) >= 11 is 0. The van der Waals surface area contributed by atoms with Crippen LogP contribution in [0.25, 0.3) is 10.9 Å². The first-order chi connectivity index (χ1) is 17.3. The maximum Gasteiger partial charge on any atom is 0.319 e. The standard InChI is InChI=1S/C30H33N4O2/c1-19(2)22-14-10-15-23(20(3)4)28(22)34-30(36)32-18-27(21-11-6-5-7-12-21)33-29(35)25-17-31-26-16-9-8-13-24(25)26/h5-16,19-20,27,31H,18H2,1-4H3,(H,33,35)(H2,32,34,36). The Bertz CT molecular complexity index is 1320. The van der Waals surface area contributed by atoms with E-state index in [1.54, 1.807) is 0 Å². The number of nitrogens with one attached hydrogen (secondary N) is 4. The van der Waals surface area contributed by atoms with E-state index in [0.29, 0.717) is 5.56 Å². The topological polar surface area (TPSA) is 86.0 Å². The average molecular weight is 482 g/mol. The Morgan fingerprint density at radius 2 is 1.47 bits per heavy atom. The van der Waals surface area contributed by atoms with E-state index >= 15 is 0 Å². The fraction of sp³-hybridized carbons (Fsp3) is 0.267. The highest BCUT2D eigenvalue weighted by molar-refractivity contribution is 6.06. The van der Waals surface area contributed by atoms with Crippen LogP contribution in [0.15, 0.2) is 72.8 Å². The maximum atomic E-state index is 13.2. The van der Waals surface area contributed by atoms with Crippen molar-refractivity contribution in [3.63, 3.8) is 0 Å². The lowest BCUT2D eigenvalue weighted by Gasteiger charge is -2.22. The summed E-state index contributed by atoms with van der Waals surface area (Å²) in [5.74, 6) is 0.279. The van der Waals surface area contributed by atoms with Gasteiger partial charge in [-0.25, -0.2) is 4.79 Å². The number of carbonyl (C=O) groups is 2. The van der Waals surface area contributed by atoms with Gasteiger partial charge in [0.25, 0.3) is 5.91 Å². The fourth-order valence-corrected chi connectivity index (χ4v) is 4.40. The predicted octanol–water partition coefficient (Wildman–Crippen LogP) is 6.51. The molecule has 6 heteroatoms. The van der Waals surface area contributed by atoms with Crippen molar-refractivity contribution < 1.29 is 9.59 Å². The number of para-hydroxylation sites is 2. The molecule has 36 heavy (non-hydrogen) atoms. The van der Waals surface area contributed by atoms with Crippen molar-refractivity contribution >= 4 is 28.5 Å². The molecule has 4 N–H and O–H groups in total. The van der Waals surface area contributed by atoms with Gasteiger partial charge in [0.2, 0.25) is 0 Å². The molecule has 3 amide bonds. The highest BCUT2D eigenvalue weighted by Crippen LogP contribution is 2.32. The molecule has 0 saturated heterocycles. The van der Waals surface area contributed by atoms with Gasteiger partial charge in [-0.05, 0) is 34.6 Å². The minimum Gasteiger partial charge on any atom is -0.353 e. The van der Waals surface area contributed by atoms with Gasteiger partial charge < -0.3 is 20.9 Å². The summed E-state index contributed by atoms with van der Waals surface area (Å²) in [6.07, 6.45) is 2.96. The van der Waals surface area contributed by atoms with Crippen LogP contribution in [0.5, 0.6) is 0 Å². The van der Waals surface area contributed by atoms with Gasteiger partial charge in [-0.1, -0.05) is 94.4 Å². The molecule has 6 nitrogen and oxygen atoms in total. The molecule has 0 aliphatic rings. The SMILES string of the molecule is CC(C)c1cccc(C(C)C)c1NC(=O)NCC(NC(=O)c1[c][nH]c2ccccc12)c1ccccc1. The lowest BCUT2D eigenvalue weighted by molar-refractivity contribution is 0.0937. The van der Waals surface area contributed by atoms with Gasteiger partial charge >= 0.3 is 6.03 Å². The second-order valence-corrected chi connectivity index (χ2v) is 9.56. The molecule has 0 bridgehead atoms. The van der Waals surface area contributed by atoms with E-state index in [0.717, 1.165) is 33.3 Å². The van der Waals surface area contributed by atoms with Crippen LogP contribution in [-0.2, 0) is 0 Å². The van der Waals surface area contributed by atoms with Crippen molar-refractivity contribution in [2.45, 2.75) is 45.6 Å². The third-order valence-electron chi connectivity index (χ3n) is 6.33. The Hall–Kier alpha value is -4.06. The van der Waals surface area contributed by atoms with Crippen LogP contribution in [0.4, 0.5) is 10.5 Å². The summed E-state index contributed by atoms with van der Waals surface area (Å²) in [5, 5.41) is 9.93. The van der Waals surface area contributed by atoms with Crippen molar-refractivity contribution in [2.24, 2.45) is 0 Å². The summed E-state index contributed by atoms with van der Waals surface area (Å²) in [5.41, 5.74) is 5.24. The third kappa shape index (κ3) is 5.60. The maximum absolute atomic E-state index is 13.2. The monoisotopic (exact) mass is 481 g/mol. The molecule has 4 aromatic rings. The minimum absolute atomic E-state index is 0.227. The van der Waals surface area contributed by atoms with Gasteiger partial charge in [-0.2, -0.15) is 0 Å². The zero-order chi connectivity index (χ0) is 25.7. The number of amides is 3. The molecule has 3 aromatic carbocycles. The largest absolute Gasteiger partial charge is 0.353 e. The lowest BCUT2D eigenvalue weighted by atomic mass is 9.93. The van der Waals surface area contributed by atoms with Crippen molar-refractivity contribution in [2.75, 3.05) is 11.9 Å². The van der Waals surface area contributed by atoms with Crippen LogP contribution in [0, 0.1) is 6.20 Å². The number of aromatic nitrogens is 1. The Morgan fingerprint density at radius 1 is 0.833 bits per heavy atom. The molecule has 0 fully saturated rings. The first-order valence-corrected chi connectivity index (χ1v) is 12.4. The van der Waals surface area contributed by atoms with Gasteiger partial charge in [-0.15, -0.1) is 0 Å².